The lowest BCUT2D eigenvalue weighted by Gasteiger charge is -2.24. The third-order valence-electron chi connectivity index (χ3n) is 3.02. The molecule has 0 bridgehead atoms. The number of ether oxygens (including phenoxy) is 1. The van der Waals surface area contributed by atoms with Crippen molar-refractivity contribution < 1.29 is 14.2 Å². The molecule has 0 spiro atoms. The zero-order chi connectivity index (χ0) is 14.1. The third-order valence-corrected chi connectivity index (χ3v) is 3.02. The fourth-order valence-corrected chi connectivity index (χ4v) is 2.03. The highest BCUT2D eigenvalue weighted by Crippen LogP contribution is 2.08. The Morgan fingerprint density at radius 2 is 2.00 bits per heavy atom. The van der Waals surface area contributed by atoms with Gasteiger partial charge in [0, 0.05) is 26.7 Å². The fraction of sp³-hybridized carbons (Fsp3) is 0.600. The van der Waals surface area contributed by atoms with Gasteiger partial charge in [0.2, 0.25) is 0 Å². The van der Waals surface area contributed by atoms with Crippen molar-refractivity contribution in [1.29, 1.82) is 0 Å². The van der Waals surface area contributed by atoms with E-state index >= 15 is 0 Å². The minimum absolute atomic E-state index is 0.224. The van der Waals surface area contributed by atoms with E-state index in [9.17, 15) is 9.50 Å². The first-order valence-corrected chi connectivity index (χ1v) is 6.79. The van der Waals surface area contributed by atoms with Gasteiger partial charge in [0.05, 0.1) is 12.7 Å². The lowest BCUT2D eigenvalue weighted by Crippen LogP contribution is -2.34. The van der Waals surface area contributed by atoms with Crippen molar-refractivity contribution in [3.8, 4) is 0 Å². The van der Waals surface area contributed by atoms with E-state index in [4.69, 9.17) is 4.74 Å². The molecule has 0 aromatic heterocycles. The lowest BCUT2D eigenvalue weighted by atomic mass is 10.1. The highest BCUT2D eigenvalue weighted by molar-refractivity contribution is 5.15. The van der Waals surface area contributed by atoms with E-state index in [1.54, 1.807) is 19.2 Å². The number of hydrogen-bond donors (Lipinski definition) is 1. The van der Waals surface area contributed by atoms with Crippen molar-refractivity contribution in [1.82, 2.24) is 4.90 Å². The molecule has 0 aliphatic heterocycles. The molecule has 0 heterocycles. The highest BCUT2D eigenvalue weighted by Gasteiger charge is 2.11. The second-order valence-electron chi connectivity index (χ2n) is 4.80. The van der Waals surface area contributed by atoms with Crippen LogP contribution in [-0.4, -0.2) is 42.9 Å². The molecule has 3 nitrogen and oxygen atoms in total. The molecule has 4 heteroatoms. The lowest BCUT2D eigenvalue weighted by molar-refractivity contribution is 0.0800. The van der Waals surface area contributed by atoms with Gasteiger partial charge in [-0.2, -0.15) is 0 Å². The van der Waals surface area contributed by atoms with Crippen LogP contribution in [0.3, 0.4) is 0 Å². The van der Waals surface area contributed by atoms with Gasteiger partial charge in [0.15, 0.2) is 0 Å². The summed E-state index contributed by atoms with van der Waals surface area (Å²) in [5.74, 6) is -0.224. The summed E-state index contributed by atoms with van der Waals surface area (Å²) in [7, 11) is 1.67. The van der Waals surface area contributed by atoms with E-state index in [-0.39, 0.29) is 11.9 Å². The van der Waals surface area contributed by atoms with E-state index in [0.717, 1.165) is 24.9 Å². The van der Waals surface area contributed by atoms with Gasteiger partial charge < -0.3 is 9.84 Å². The van der Waals surface area contributed by atoms with Gasteiger partial charge in [-0.25, -0.2) is 4.39 Å². The van der Waals surface area contributed by atoms with Gasteiger partial charge in [0.25, 0.3) is 0 Å². The maximum absolute atomic E-state index is 12.9. The van der Waals surface area contributed by atoms with E-state index in [2.05, 4.69) is 11.8 Å². The molecule has 1 N–H and O–H groups in total. The minimum atomic E-state index is -0.317. The van der Waals surface area contributed by atoms with Crippen molar-refractivity contribution >= 4 is 0 Å². The Morgan fingerprint density at radius 3 is 2.58 bits per heavy atom. The van der Waals surface area contributed by atoms with E-state index in [1.807, 2.05) is 0 Å². The predicted molar refractivity (Wildman–Crippen MR) is 74.5 cm³/mol. The Morgan fingerprint density at radius 1 is 1.32 bits per heavy atom. The van der Waals surface area contributed by atoms with Crippen molar-refractivity contribution in [2.45, 2.75) is 32.4 Å². The van der Waals surface area contributed by atoms with Gasteiger partial charge in [-0.15, -0.1) is 0 Å². The van der Waals surface area contributed by atoms with Crippen LogP contribution in [0.15, 0.2) is 24.3 Å². The number of aliphatic hydroxyl groups is 1. The second-order valence-corrected chi connectivity index (χ2v) is 4.80. The maximum atomic E-state index is 12.9. The van der Waals surface area contributed by atoms with Crippen molar-refractivity contribution in [3.05, 3.63) is 35.6 Å². The Hall–Kier alpha value is -0.970. The van der Waals surface area contributed by atoms with Crippen LogP contribution in [0.5, 0.6) is 0 Å². The summed E-state index contributed by atoms with van der Waals surface area (Å²) in [6.45, 7) is 4.76. The summed E-state index contributed by atoms with van der Waals surface area (Å²) in [4.78, 5) is 2.14. The standard InChI is InChI=1S/C15H24FNO2/c1-3-4-15(18)12-17(9-10-19-2)11-13-5-7-14(16)8-6-13/h5-8,15,18H,3-4,9-12H2,1-2H3. The first-order valence-electron chi connectivity index (χ1n) is 6.79. The molecule has 1 aromatic rings. The number of benzene rings is 1. The second kappa shape index (κ2) is 9.02. The SMILES string of the molecule is CCCC(O)CN(CCOC)Cc1ccc(F)cc1. The van der Waals surface area contributed by atoms with Crippen LogP contribution in [0.4, 0.5) is 4.39 Å². The van der Waals surface area contributed by atoms with E-state index in [0.29, 0.717) is 19.7 Å². The summed E-state index contributed by atoms with van der Waals surface area (Å²) in [5.41, 5.74) is 1.04. The largest absolute Gasteiger partial charge is 0.392 e. The molecule has 1 atom stereocenters. The summed E-state index contributed by atoms with van der Waals surface area (Å²) in [6.07, 6.45) is 1.45. The smallest absolute Gasteiger partial charge is 0.123 e. The summed E-state index contributed by atoms with van der Waals surface area (Å²) in [5, 5.41) is 9.90. The molecular weight excluding hydrogens is 245 g/mol. The van der Waals surface area contributed by atoms with Gasteiger partial charge in [-0.3, -0.25) is 4.90 Å². The molecule has 0 saturated heterocycles. The summed E-state index contributed by atoms with van der Waals surface area (Å²) >= 11 is 0. The molecule has 108 valence electrons. The van der Waals surface area contributed by atoms with Crippen LogP contribution >= 0.6 is 0 Å². The molecule has 1 rings (SSSR count). The maximum Gasteiger partial charge on any atom is 0.123 e. The Labute approximate surface area is 115 Å². The molecule has 0 saturated carbocycles. The molecule has 19 heavy (non-hydrogen) atoms. The number of nitrogens with zero attached hydrogens (tertiary/aromatic N) is 1. The topological polar surface area (TPSA) is 32.7 Å². The fourth-order valence-electron chi connectivity index (χ4n) is 2.03. The van der Waals surface area contributed by atoms with Crippen molar-refractivity contribution in [2.24, 2.45) is 0 Å². The Balaban J connectivity index is 2.54. The first kappa shape index (κ1) is 16.1. The Bertz CT molecular complexity index is 343. The zero-order valence-corrected chi connectivity index (χ0v) is 11.8. The summed E-state index contributed by atoms with van der Waals surface area (Å²) in [6, 6.07) is 6.49. The zero-order valence-electron chi connectivity index (χ0n) is 11.8. The third kappa shape index (κ3) is 6.66. The van der Waals surface area contributed by atoms with E-state index in [1.165, 1.54) is 12.1 Å². The van der Waals surface area contributed by atoms with Gasteiger partial charge in [0.1, 0.15) is 5.82 Å². The normalized spacial score (nSPS) is 12.9. The molecule has 1 aromatic carbocycles. The molecule has 0 amide bonds. The van der Waals surface area contributed by atoms with Crippen LogP contribution < -0.4 is 0 Å². The predicted octanol–water partition coefficient (Wildman–Crippen LogP) is 2.44. The minimum Gasteiger partial charge on any atom is -0.392 e. The van der Waals surface area contributed by atoms with Crippen LogP contribution in [-0.2, 0) is 11.3 Å². The molecule has 0 aliphatic rings. The number of halogens is 1. The van der Waals surface area contributed by atoms with Gasteiger partial charge in [-0.05, 0) is 24.1 Å². The number of methoxy groups -OCH3 is 1. The van der Waals surface area contributed by atoms with Crippen LogP contribution in [0.2, 0.25) is 0 Å². The van der Waals surface area contributed by atoms with Gasteiger partial charge in [-0.1, -0.05) is 25.5 Å². The van der Waals surface area contributed by atoms with Crippen LogP contribution in [0.1, 0.15) is 25.3 Å². The van der Waals surface area contributed by atoms with Crippen molar-refractivity contribution in [3.63, 3.8) is 0 Å². The average molecular weight is 269 g/mol. The monoisotopic (exact) mass is 269 g/mol. The quantitative estimate of drug-likeness (QED) is 0.747. The Kier molecular flexibility index (Phi) is 7.63. The molecule has 0 fully saturated rings. The average Bonchev–Trinajstić information content (AvgIpc) is 2.39. The first-order chi connectivity index (χ1) is 9.15. The molecule has 0 radical (unpaired) electrons. The van der Waals surface area contributed by atoms with Crippen LogP contribution in [0, 0.1) is 5.82 Å². The number of rotatable bonds is 9. The van der Waals surface area contributed by atoms with Crippen LogP contribution in [0.25, 0.3) is 0 Å². The molecular formula is C15H24FNO2. The number of aliphatic hydroxyl groups excluding tert-OH is 1. The van der Waals surface area contributed by atoms with Gasteiger partial charge >= 0.3 is 0 Å². The van der Waals surface area contributed by atoms with Crippen molar-refractivity contribution in [2.75, 3.05) is 26.8 Å². The van der Waals surface area contributed by atoms with E-state index < -0.39 is 0 Å². The molecule has 1 unspecified atom stereocenters. The molecule has 0 aliphatic carbocycles. The number of hydrogen-bond acceptors (Lipinski definition) is 3. The highest BCUT2D eigenvalue weighted by atomic mass is 19.1. The summed E-state index contributed by atoms with van der Waals surface area (Å²) < 4.78 is 18.0.